The number of rotatable bonds is 8. The van der Waals surface area contributed by atoms with Crippen molar-refractivity contribution < 1.29 is 14.0 Å². The zero-order valence-electron chi connectivity index (χ0n) is 19.6. The van der Waals surface area contributed by atoms with Crippen LogP contribution >= 0.6 is 11.3 Å². The van der Waals surface area contributed by atoms with Gasteiger partial charge < -0.3 is 9.80 Å². The maximum Gasteiger partial charge on any atom is 0.254 e. The molecule has 1 fully saturated rings. The van der Waals surface area contributed by atoms with Crippen LogP contribution in [0.15, 0.2) is 78.2 Å². The molecule has 1 aliphatic rings. The highest BCUT2D eigenvalue weighted by atomic mass is 32.1. The number of carbonyl (C=O) groups is 2. The lowest BCUT2D eigenvalue weighted by molar-refractivity contribution is -0.133. The van der Waals surface area contributed by atoms with Gasteiger partial charge in [-0.1, -0.05) is 42.5 Å². The van der Waals surface area contributed by atoms with Crippen LogP contribution in [0.1, 0.15) is 39.2 Å². The van der Waals surface area contributed by atoms with Crippen LogP contribution in [0.2, 0.25) is 0 Å². The zero-order valence-corrected chi connectivity index (χ0v) is 20.4. The van der Waals surface area contributed by atoms with Crippen molar-refractivity contribution in [3.05, 3.63) is 106 Å². The molecule has 0 saturated heterocycles. The normalized spacial score (nSPS) is 13.1. The maximum atomic E-state index is 13.6. The van der Waals surface area contributed by atoms with Gasteiger partial charge in [-0.15, -0.1) is 11.3 Å². The fraction of sp³-hybridized carbons (Fsp3) is 0.241. The van der Waals surface area contributed by atoms with Crippen LogP contribution in [-0.2, 0) is 17.9 Å². The van der Waals surface area contributed by atoms with Crippen molar-refractivity contribution in [3.8, 4) is 0 Å². The van der Waals surface area contributed by atoms with Crippen molar-refractivity contribution in [1.82, 2.24) is 9.80 Å². The summed E-state index contributed by atoms with van der Waals surface area (Å²) < 4.78 is 13.4. The van der Waals surface area contributed by atoms with Gasteiger partial charge in [0.1, 0.15) is 12.4 Å². The third-order valence-corrected chi connectivity index (χ3v) is 7.50. The predicted molar refractivity (Wildman–Crippen MR) is 138 cm³/mol. The maximum absolute atomic E-state index is 13.6. The van der Waals surface area contributed by atoms with Crippen molar-refractivity contribution in [2.75, 3.05) is 6.54 Å². The smallest absolute Gasteiger partial charge is 0.254 e. The van der Waals surface area contributed by atoms with Crippen molar-refractivity contribution in [2.45, 2.75) is 38.9 Å². The molecule has 1 aliphatic carbocycles. The summed E-state index contributed by atoms with van der Waals surface area (Å²) in [5.74, 6) is -0.523. The number of benzene rings is 3. The van der Waals surface area contributed by atoms with E-state index in [0.29, 0.717) is 18.7 Å². The molecule has 6 heteroatoms. The summed E-state index contributed by atoms with van der Waals surface area (Å²) in [6, 6.07) is 22.0. The summed E-state index contributed by atoms with van der Waals surface area (Å²) in [6.07, 6.45) is 1.82. The van der Waals surface area contributed by atoms with E-state index < -0.39 is 0 Å². The zero-order chi connectivity index (χ0) is 24.4. The Hall–Kier alpha value is -3.51. The lowest BCUT2D eigenvalue weighted by atomic mass is 10.1. The van der Waals surface area contributed by atoms with Crippen molar-refractivity contribution in [3.63, 3.8) is 0 Å². The summed E-state index contributed by atoms with van der Waals surface area (Å²) in [6.45, 7) is 2.88. The second kappa shape index (κ2) is 10.0. The Morgan fingerprint density at radius 2 is 1.69 bits per heavy atom. The third-order valence-electron chi connectivity index (χ3n) is 6.49. The van der Waals surface area contributed by atoms with Crippen molar-refractivity contribution in [1.29, 1.82) is 0 Å². The molecule has 0 unspecified atom stereocenters. The standard InChI is InChI=1S/C29H27FN2O2S/c1-20-14-15-35-27(20)18-31(17-21-6-10-25(30)11-7-21)28(33)19-32(26-12-13-26)29(34)24-9-8-22-4-2-3-5-23(22)16-24/h2-11,14-16,26H,12-13,17-19H2,1H3. The first-order chi connectivity index (χ1) is 17.0. The molecule has 3 aromatic carbocycles. The average molecular weight is 487 g/mol. The van der Waals surface area contributed by atoms with E-state index in [1.165, 1.54) is 12.1 Å². The molecule has 178 valence electrons. The lowest BCUT2D eigenvalue weighted by Gasteiger charge is -2.28. The Labute approximate surface area is 208 Å². The minimum Gasteiger partial charge on any atom is -0.332 e. The monoisotopic (exact) mass is 486 g/mol. The first-order valence-electron chi connectivity index (χ1n) is 11.8. The molecule has 0 aliphatic heterocycles. The van der Waals surface area contributed by atoms with Gasteiger partial charge in [-0.2, -0.15) is 0 Å². The summed E-state index contributed by atoms with van der Waals surface area (Å²) in [4.78, 5) is 31.7. The minimum atomic E-state index is -0.304. The second-order valence-electron chi connectivity index (χ2n) is 9.13. The molecule has 0 N–H and O–H groups in total. The van der Waals surface area contributed by atoms with Gasteiger partial charge in [0.25, 0.3) is 5.91 Å². The number of hydrogen-bond donors (Lipinski definition) is 0. The van der Waals surface area contributed by atoms with Crippen molar-refractivity contribution >= 4 is 33.9 Å². The van der Waals surface area contributed by atoms with E-state index in [-0.39, 0.29) is 30.2 Å². The minimum absolute atomic E-state index is 0.0297. The molecule has 4 nitrogen and oxygen atoms in total. The van der Waals surface area contributed by atoms with E-state index in [0.717, 1.165) is 39.6 Å². The number of amides is 2. The Bertz CT molecular complexity index is 1360. The number of halogens is 1. The van der Waals surface area contributed by atoms with E-state index in [9.17, 15) is 14.0 Å². The van der Waals surface area contributed by atoms with E-state index >= 15 is 0 Å². The second-order valence-corrected chi connectivity index (χ2v) is 10.1. The highest BCUT2D eigenvalue weighted by Gasteiger charge is 2.35. The van der Waals surface area contributed by atoms with Gasteiger partial charge in [-0.3, -0.25) is 9.59 Å². The summed E-state index contributed by atoms with van der Waals surface area (Å²) in [5, 5.41) is 4.10. The van der Waals surface area contributed by atoms with Gasteiger partial charge in [-0.05, 0) is 77.4 Å². The molecule has 1 aromatic heterocycles. The van der Waals surface area contributed by atoms with Crippen LogP contribution in [0.4, 0.5) is 4.39 Å². The van der Waals surface area contributed by atoms with E-state index in [2.05, 4.69) is 0 Å². The van der Waals surface area contributed by atoms with E-state index in [1.807, 2.05) is 60.8 Å². The SMILES string of the molecule is Cc1ccsc1CN(Cc1ccc(F)cc1)C(=O)CN(C(=O)c1ccc2ccccc2c1)C1CC1. The number of aryl methyl sites for hydroxylation is 1. The molecule has 2 amide bonds. The lowest BCUT2D eigenvalue weighted by Crippen LogP contribution is -2.43. The van der Waals surface area contributed by atoms with Crippen LogP contribution in [0.25, 0.3) is 10.8 Å². The Balaban J connectivity index is 1.38. The molecular formula is C29H27FN2O2S. The molecule has 35 heavy (non-hydrogen) atoms. The Kier molecular flexibility index (Phi) is 6.64. The van der Waals surface area contributed by atoms with Gasteiger partial charge in [-0.25, -0.2) is 4.39 Å². The molecule has 0 radical (unpaired) electrons. The predicted octanol–water partition coefficient (Wildman–Crippen LogP) is 6.18. The van der Waals surface area contributed by atoms with Crippen LogP contribution < -0.4 is 0 Å². The van der Waals surface area contributed by atoms with Crippen LogP contribution in [0.3, 0.4) is 0 Å². The van der Waals surface area contributed by atoms with Gasteiger partial charge >= 0.3 is 0 Å². The van der Waals surface area contributed by atoms with Crippen molar-refractivity contribution in [2.24, 2.45) is 0 Å². The summed E-state index contributed by atoms with van der Waals surface area (Å²) in [7, 11) is 0. The molecule has 1 heterocycles. The van der Waals surface area contributed by atoms with Crippen LogP contribution in [-0.4, -0.2) is 34.2 Å². The largest absolute Gasteiger partial charge is 0.332 e. The van der Waals surface area contributed by atoms with E-state index in [4.69, 9.17) is 0 Å². The average Bonchev–Trinajstić information content (AvgIpc) is 3.64. The molecule has 0 spiro atoms. The van der Waals surface area contributed by atoms with Gasteiger partial charge in [0.15, 0.2) is 0 Å². The molecule has 1 saturated carbocycles. The van der Waals surface area contributed by atoms with Crippen LogP contribution in [0, 0.1) is 12.7 Å². The quantitative estimate of drug-likeness (QED) is 0.298. The molecule has 4 aromatic rings. The molecule has 0 bridgehead atoms. The van der Waals surface area contributed by atoms with Crippen LogP contribution in [0.5, 0.6) is 0 Å². The topological polar surface area (TPSA) is 40.6 Å². The highest BCUT2D eigenvalue weighted by Crippen LogP contribution is 2.29. The number of thiophene rings is 1. The first-order valence-corrected chi connectivity index (χ1v) is 12.7. The van der Waals surface area contributed by atoms with Gasteiger partial charge in [0, 0.05) is 23.0 Å². The first kappa shape index (κ1) is 23.2. The Morgan fingerprint density at radius 3 is 2.37 bits per heavy atom. The third kappa shape index (κ3) is 5.43. The van der Waals surface area contributed by atoms with Gasteiger partial charge in [0.05, 0.1) is 6.54 Å². The fourth-order valence-electron chi connectivity index (χ4n) is 4.27. The molecular weight excluding hydrogens is 459 g/mol. The summed E-state index contributed by atoms with van der Waals surface area (Å²) in [5.41, 5.74) is 2.59. The summed E-state index contributed by atoms with van der Waals surface area (Å²) >= 11 is 1.62. The fourth-order valence-corrected chi connectivity index (χ4v) is 5.19. The number of fused-ring (bicyclic) bond motifs is 1. The van der Waals surface area contributed by atoms with E-state index in [1.54, 1.807) is 33.3 Å². The molecule has 0 atom stereocenters. The number of carbonyl (C=O) groups excluding carboxylic acids is 2. The van der Waals surface area contributed by atoms with Gasteiger partial charge in [0.2, 0.25) is 5.91 Å². The Morgan fingerprint density at radius 1 is 0.943 bits per heavy atom. The highest BCUT2D eigenvalue weighted by molar-refractivity contribution is 7.10. The number of nitrogens with zero attached hydrogens (tertiary/aromatic N) is 2. The number of hydrogen-bond acceptors (Lipinski definition) is 3. The molecule has 5 rings (SSSR count).